The van der Waals surface area contributed by atoms with Crippen molar-refractivity contribution in [1.82, 2.24) is 0 Å². The van der Waals surface area contributed by atoms with Gasteiger partial charge in [-0.05, 0) is 0 Å². The lowest BCUT2D eigenvalue weighted by Gasteiger charge is -2.22. The summed E-state index contributed by atoms with van der Waals surface area (Å²) in [6, 6.07) is 6.15. The van der Waals surface area contributed by atoms with E-state index in [0.29, 0.717) is 0 Å². The molecule has 0 N–H and O–H groups in total. The molecule has 0 aliphatic carbocycles. The summed E-state index contributed by atoms with van der Waals surface area (Å²) in [6.45, 7) is 5.56. The second kappa shape index (κ2) is 8.31. The fraction of sp³-hybridized carbons (Fsp3) is 0.545. The first-order chi connectivity index (χ1) is 11.0. The van der Waals surface area contributed by atoms with Gasteiger partial charge >= 0.3 is 11.0 Å². The molecular formula is C11H14F6N2O4S2. The molecule has 1 aromatic heterocycles. The summed E-state index contributed by atoms with van der Waals surface area (Å²) >= 11 is 0. The Bertz CT molecular complexity index is 701. The van der Waals surface area contributed by atoms with Crippen LogP contribution in [-0.2, 0) is 26.6 Å². The molecule has 146 valence electrons. The van der Waals surface area contributed by atoms with Gasteiger partial charge in [0.05, 0.1) is 0 Å². The van der Waals surface area contributed by atoms with Gasteiger partial charge < -0.3 is 4.13 Å². The minimum absolute atomic E-state index is 0.729. The van der Waals surface area contributed by atoms with Gasteiger partial charge in [0.25, 0.3) is 0 Å². The fourth-order valence-electron chi connectivity index (χ4n) is 1.19. The highest BCUT2D eigenvalue weighted by atomic mass is 32.3. The maximum atomic E-state index is 11.4. The molecule has 1 aromatic rings. The van der Waals surface area contributed by atoms with E-state index in [4.69, 9.17) is 0 Å². The van der Waals surface area contributed by atoms with Crippen molar-refractivity contribution >= 4 is 20.0 Å². The number of hydrogen-bond donors (Lipinski definition) is 0. The van der Waals surface area contributed by atoms with Crippen LogP contribution in [0.25, 0.3) is 4.13 Å². The number of rotatable bonds is 4. The predicted molar refractivity (Wildman–Crippen MR) is 74.8 cm³/mol. The second-order valence-corrected chi connectivity index (χ2v) is 8.30. The van der Waals surface area contributed by atoms with Gasteiger partial charge in [0.1, 0.15) is 0 Å². The van der Waals surface area contributed by atoms with Crippen molar-refractivity contribution in [1.29, 1.82) is 0 Å². The molecule has 0 amide bonds. The summed E-state index contributed by atoms with van der Waals surface area (Å²) in [7, 11) is -13.4. The smallest absolute Gasteiger partial charge is 0.421 e. The van der Waals surface area contributed by atoms with Crippen LogP contribution in [0.3, 0.4) is 0 Å². The topological polar surface area (TPSA) is 86.3 Å². The Morgan fingerprint density at radius 2 is 1.20 bits per heavy atom. The van der Waals surface area contributed by atoms with E-state index in [0.717, 1.165) is 16.6 Å². The Morgan fingerprint density at radius 1 is 0.840 bits per heavy atom. The zero-order chi connectivity index (χ0) is 20.1. The summed E-state index contributed by atoms with van der Waals surface area (Å²) in [5, 5.41) is 0. The summed E-state index contributed by atoms with van der Waals surface area (Å²) in [5.41, 5.74) is -12.4. The minimum atomic E-state index is -6.72. The predicted octanol–water partition coefficient (Wildman–Crippen LogP) is 2.69. The van der Waals surface area contributed by atoms with Crippen molar-refractivity contribution in [3.63, 3.8) is 0 Å². The molecule has 0 fully saturated rings. The standard InChI is InChI=1S/C9H14N.C2F6NO4S2/c1-9(2)8-10-6-4-3-5-7-10;3-1(4,5)14(10,11)9-15(12,13)2(6,7)8/h3-7,9H,8H2,1-2H3;/q+1;-1. The molecule has 0 aliphatic rings. The average Bonchev–Trinajstić information content (AvgIpc) is 2.35. The van der Waals surface area contributed by atoms with Crippen molar-refractivity contribution in [2.75, 3.05) is 0 Å². The molecule has 0 radical (unpaired) electrons. The van der Waals surface area contributed by atoms with Gasteiger partial charge in [0, 0.05) is 18.1 Å². The van der Waals surface area contributed by atoms with Gasteiger partial charge in [-0.3, -0.25) is 0 Å². The van der Waals surface area contributed by atoms with Gasteiger partial charge in [-0.2, -0.15) is 26.3 Å². The van der Waals surface area contributed by atoms with Crippen molar-refractivity contribution in [3.05, 3.63) is 34.7 Å². The van der Waals surface area contributed by atoms with Gasteiger partial charge in [-0.25, -0.2) is 21.4 Å². The number of sulfonamides is 2. The van der Waals surface area contributed by atoms with E-state index in [1.54, 1.807) is 0 Å². The Hall–Kier alpha value is -1.41. The number of hydrogen-bond acceptors (Lipinski definition) is 4. The largest absolute Gasteiger partial charge is 0.480 e. The van der Waals surface area contributed by atoms with Crippen LogP contribution in [0.5, 0.6) is 0 Å². The SMILES string of the molecule is CC(C)C[n+]1ccccc1.O=S(=O)([N-]S(=O)(=O)C(F)(F)F)C(F)(F)F. The van der Waals surface area contributed by atoms with E-state index in [1.807, 2.05) is 6.07 Å². The zero-order valence-corrected chi connectivity index (χ0v) is 14.4. The Labute approximate surface area is 140 Å². The fourth-order valence-corrected chi connectivity index (χ4v) is 2.90. The summed E-state index contributed by atoms with van der Waals surface area (Å²) < 4.78 is 111. The summed E-state index contributed by atoms with van der Waals surface area (Å²) in [4.78, 5) is 0. The van der Waals surface area contributed by atoms with E-state index in [1.165, 1.54) is 0 Å². The molecule has 0 atom stereocenters. The maximum Gasteiger partial charge on any atom is 0.480 e. The molecule has 25 heavy (non-hydrogen) atoms. The number of nitrogens with zero attached hydrogens (tertiary/aromatic N) is 2. The molecule has 0 saturated heterocycles. The van der Waals surface area contributed by atoms with Crippen LogP contribution in [0.1, 0.15) is 13.8 Å². The quantitative estimate of drug-likeness (QED) is 0.558. The maximum absolute atomic E-state index is 11.4. The highest BCUT2D eigenvalue weighted by Crippen LogP contribution is 2.36. The van der Waals surface area contributed by atoms with Crippen LogP contribution >= 0.6 is 0 Å². The average molecular weight is 416 g/mol. The molecule has 0 unspecified atom stereocenters. The van der Waals surface area contributed by atoms with Crippen LogP contribution in [-0.4, -0.2) is 27.9 Å². The molecule has 0 aliphatic heterocycles. The zero-order valence-electron chi connectivity index (χ0n) is 12.8. The van der Waals surface area contributed by atoms with Gasteiger partial charge in [-0.1, -0.05) is 19.9 Å². The molecule has 0 saturated carbocycles. The second-order valence-electron chi connectivity index (χ2n) is 4.88. The van der Waals surface area contributed by atoms with Crippen molar-refractivity contribution in [2.24, 2.45) is 5.92 Å². The molecule has 14 heteroatoms. The highest BCUT2D eigenvalue weighted by Gasteiger charge is 2.46. The number of halogens is 6. The molecule has 1 rings (SSSR count). The van der Waals surface area contributed by atoms with E-state index in [2.05, 4.69) is 42.9 Å². The molecule has 0 aromatic carbocycles. The van der Waals surface area contributed by atoms with E-state index in [-0.39, 0.29) is 0 Å². The first-order valence-electron chi connectivity index (χ1n) is 6.30. The first-order valence-corrected chi connectivity index (χ1v) is 9.18. The third-order valence-corrected chi connectivity index (χ3v) is 4.87. The summed E-state index contributed by atoms with van der Waals surface area (Å²) in [6.07, 6.45) is 4.19. The van der Waals surface area contributed by atoms with Gasteiger partial charge in [0.15, 0.2) is 39.0 Å². The van der Waals surface area contributed by atoms with E-state index in [9.17, 15) is 43.2 Å². The summed E-state index contributed by atoms with van der Waals surface area (Å²) in [5.74, 6) is 0.729. The Morgan fingerprint density at radius 3 is 1.48 bits per heavy atom. The van der Waals surface area contributed by atoms with Crippen LogP contribution in [0.15, 0.2) is 30.6 Å². The van der Waals surface area contributed by atoms with E-state index >= 15 is 0 Å². The first kappa shape index (κ1) is 23.6. The van der Waals surface area contributed by atoms with Crippen LogP contribution in [0.2, 0.25) is 0 Å². The van der Waals surface area contributed by atoms with Gasteiger partial charge in [-0.15, -0.1) is 0 Å². The van der Waals surface area contributed by atoms with Crippen molar-refractivity contribution in [2.45, 2.75) is 31.4 Å². The highest BCUT2D eigenvalue weighted by molar-refractivity contribution is 8.13. The molecule has 0 bridgehead atoms. The van der Waals surface area contributed by atoms with Crippen molar-refractivity contribution in [3.8, 4) is 0 Å². The molecule has 0 spiro atoms. The number of aromatic nitrogens is 1. The lowest BCUT2D eigenvalue weighted by Crippen LogP contribution is -2.34. The van der Waals surface area contributed by atoms with Crippen LogP contribution in [0, 0.1) is 5.92 Å². The number of alkyl halides is 6. The minimum Gasteiger partial charge on any atom is -0.421 e. The molecule has 6 nitrogen and oxygen atoms in total. The van der Waals surface area contributed by atoms with E-state index < -0.39 is 31.1 Å². The third kappa shape index (κ3) is 8.00. The van der Waals surface area contributed by atoms with Crippen molar-refractivity contribution < 1.29 is 47.7 Å². The Balaban J connectivity index is 0.000000496. The molecule has 1 heterocycles. The normalized spacial score (nSPS) is 13.3. The lowest BCUT2D eigenvalue weighted by atomic mass is 10.2. The Kier molecular flexibility index (Phi) is 7.84. The van der Waals surface area contributed by atoms with Crippen LogP contribution < -0.4 is 4.57 Å². The van der Waals surface area contributed by atoms with Crippen LogP contribution in [0.4, 0.5) is 26.3 Å². The lowest BCUT2D eigenvalue weighted by molar-refractivity contribution is -0.702. The third-order valence-electron chi connectivity index (χ3n) is 2.13. The number of pyridine rings is 1. The monoisotopic (exact) mass is 416 g/mol. The molecular weight excluding hydrogens is 402 g/mol. The van der Waals surface area contributed by atoms with Gasteiger partial charge in [0.2, 0.25) is 0 Å².